The summed E-state index contributed by atoms with van der Waals surface area (Å²) >= 11 is 0. The largest absolute Gasteiger partial charge is 0.456 e. The van der Waals surface area contributed by atoms with Gasteiger partial charge in [0.2, 0.25) is 0 Å². The Morgan fingerprint density at radius 1 is 0.426 bits per heavy atom. The van der Waals surface area contributed by atoms with Crippen molar-refractivity contribution in [2.45, 2.75) is 19.3 Å². The number of hydrogen-bond donors (Lipinski definition) is 0. The van der Waals surface area contributed by atoms with Crippen LogP contribution < -0.4 is 0 Å². The summed E-state index contributed by atoms with van der Waals surface area (Å²) < 4.78 is 6.17. The molecule has 0 N–H and O–H groups in total. The molecule has 0 saturated carbocycles. The second-order valence-corrected chi connectivity index (χ2v) is 14.9. The summed E-state index contributed by atoms with van der Waals surface area (Å²) in [6.07, 6.45) is 0. The third-order valence-corrected chi connectivity index (χ3v) is 11.5. The molecule has 2 heterocycles. The fourth-order valence-electron chi connectivity index (χ4n) is 8.96. The third kappa shape index (κ3) is 4.55. The zero-order valence-corrected chi connectivity index (χ0v) is 30.0. The first-order valence-electron chi connectivity index (χ1n) is 18.6. The van der Waals surface area contributed by atoms with Crippen LogP contribution in [0, 0.1) is 0 Å². The molecular formula is C51H34N2O. The Kier molecular flexibility index (Phi) is 6.60. The van der Waals surface area contributed by atoms with Crippen molar-refractivity contribution >= 4 is 43.5 Å². The Morgan fingerprint density at radius 2 is 1.07 bits per heavy atom. The third-order valence-electron chi connectivity index (χ3n) is 11.5. The maximum atomic E-state index is 6.17. The van der Waals surface area contributed by atoms with Gasteiger partial charge in [-0.15, -0.1) is 0 Å². The average molecular weight is 691 g/mol. The number of para-hydroxylation sites is 1. The van der Waals surface area contributed by atoms with Gasteiger partial charge in [-0.3, -0.25) is 0 Å². The number of nitrogens with zero attached hydrogens (tertiary/aromatic N) is 2. The van der Waals surface area contributed by atoms with Crippen molar-refractivity contribution in [3.05, 3.63) is 181 Å². The highest BCUT2D eigenvalue weighted by molar-refractivity contribution is 6.09. The molecule has 0 bridgehead atoms. The molecule has 0 aliphatic heterocycles. The predicted octanol–water partition coefficient (Wildman–Crippen LogP) is 13.7. The van der Waals surface area contributed by atoms with E-state index in [4.69, 9.17) is 14.4 Å². The van der Waals surface area contributed by atoms with Crippen LogP contribution in [0.1, 0.15) is 25.0 Å². The monoisotopic (exact) mass is 690 g/mol. The van der Waals surface area contributed by atoms with Gasteiger partial charge in [0.25, 0.3) is 0 Å². The number of aromatic nitrogens is 2. The van der Waals surface area contributed by atoms with E-state index in [1.165, 1.54) is 49.5 Å². The molecule has 2 aromatic heterocycles. The van der Waals surface area contributed by atoms with E-state index in [0.717, 1.165) is 55.4 Å². The summed E-state index contributed by atoms with van der Waals surface area (Å²) in [4.78, 5) is 10.6. The highest BCUT2D eigenvalue weighted by Gasteiger charge is 2.38. The SMILES string of the molecule is CC1(C)c2ccc3ccccc3c2-c2cccc(-c3ccc(-c4nc(-c5ccccc5)cc(-c5ccc6oc7ccccc7c6c5)n4)c4ccccc34)c21. The van der Waals surface area contributed by atoms with Gasteiger partial charge in [-0.25, -0.2) is 9.97 Å². The van der Waals surface area contributed by atoms with Crippen LogP contribution in [0.25, 0.3) is 99.6 Å². The van der Waals surface area contributed by atoms with Crippen LogP contribution in [-0.4, -0.2) is 9.97 Å². The maximum Gasteiger partial charge on any atom is 0.161 e. The molecule has 1 aliphatic carbocycles. The summed E-state index contributed by atoms with van der Waals surface area (Å²) in [5.74, 6) is 0.698. The van der Waals surface area contributed by atoms with Crippen LogP contribution in [0.2, 0.25) is 0 Å². The van der Waals surface area contributed by atoms with Crippen LogP contribution in [0.4, 0.5) is 0 Å². The first-order chi connectivity index (χ1) is 26.5. The van der Waals surface area contributed by atoms with Gasteiger partial charge in [-0.05, 0) is 91.3 Å². The molecule has 0 amide bonds. The minimum atomic E-state index is -0.172. The van der Waals surface area contributed by atoms with Crippen LogP contribution in [0.3, 0.4) is 0 Å². The highest BCUT2D eigenvalue weighted by Crippen LogP contribution is 2.55. The van der Waals surface area contributed by atoms with Crippen molar-refractivity contribution in [1.29, 1.82) is 0 Å². The second-order valence-electron chi connectivity index (χ2n) is 14.9. The summed E-state index contributed by atoms with van der Waals surface area (Å²) in [6, 6.07) is 60.5. The van der Waals surface area contributed by atoms with Crippen LogP contribution in [0.15, 0.2) is 174 Å². The van der Waals surface area contributed by atoms with Crippen molar-refractivity contribution in [3.8, 4) is 56.2 Å². The Balaban J connectivity index is 1.11. The minimum Gasteiger partial charge on any atom is -0.456 e. The van der Waals surface area contributed by atoms with Crippen molar-refractivity contribution in [2.24, 2.45) is 0 Å². The Bertz CT molecular complexity index is 3130. The van der Waals surface area contributed by atoms with Gasteiger partial charge in [-0.1, -0.05) is 147 Å². The van der Waals surface area contributed by atoms with Crippen molar-refractivity contribution in [2.75, 3.05) is 0 Å². The minimum absolute atomic E-state index is 0.172. The average Bonchev–Trinajstić information content (AvgIpc) is 3.72. The molecule has 0 atom stereocenters. The molecule has 1 aliphatic rings. The lowest BCUT2D eigenvalue weighted by Gasteiger charge is -2.25. The van der Waals surface area contributed by atoms with Crippen LogP contribution in [0.5, 0.6) is 0 Å². The van der Waals surface area contributed by atoms with Crippen molar-refractivity contribution in [3.63, 3.8) is 0 Å². The quantitative estimate of drug-likeness (QED) is 0.184. The number of rotatable bonds is 4. The molecule has 0 unspecified atom stereocenters. The fourth-order valence-corrected chi connectivity index (χ4v) is 8.96. The molecule has 0 spiro atoms. The number of benzene rings is 8. The lowest BCUT2D eigenvalue weighted by atomic mass is 9.78. The van der Waals surface area contributed by atoms with Crippen LogP contribution >= 0.6 is 0 Å². The molecular weight excluding hydrogens is 657 g/mol. The molecule has 0 saturated heterocycles. The van der Waals surface area contributed by atoms with E-state index in [2.05, 4.69) is 166 Å². The van der Waals surface area contributed by atoms with E-state index in [9.17, 15) is 0 Å². The lowest BCUT2D eigenvalue weighted by molar-refractivity contribution is 0.662. The topological polar surface area (TPSA) is 38.9 Å². The normalized spacial score (nSPS) is 13.1. The van der Waals surface area contributed by atoms with E-state index in [0.29, 0.717) is 5.82 Å². The van der Waals surface area contributed by atoms with Gasteiger partial charge >= 0.3 is 0 Å². The summed E-state index contributed by atoms with van der Waals surface area (Å²) in [5, 5.41) is 7.06. The van der Waals surface area contributed by atoms with Gasteiger partial charge in [0.15, 0.2) is 5.82 Å². The second kappa shape index (κ2) is 11.6. The summed E-state index contributed by atoms with van der Waals surface area (Å²) in [7, 11) is 0. The van der Waals surface area contributed by atoms with Gasteiger partial charge < -0.3 is 4.42 Å². The van der Waals surface area contributed by atoms with Gasteiger partial charge in [0, 0.05) is 32.9 Å². The van der Waals surface area contributed by atoms with Gasteiger partial charge in [0.05, 0.1) is 11.4 Å². The van der Waals surface area contributed by atoms with E-state index in [-0.39, 0.29) is 5.41 Å². The molecule has 0 fully saturated rings. The molecule has 3 heteroatoms. The zero-order valence-electron chi connectivity index (χ0n) is 30.0. The molecule has 3 nitrogen and oxygen atoms in total. The zero-order chi connectivity index (χ0) is 36.0. The first-order valence-corrected chi connectivity index (χ1v) is 18.6. The summed E-state index contributed by atoms with van der Waals surface area (Å²) in [6.45, 7) is 4.75. The maximum absolute atomic E-state index is 6.17. The van der Waals surface area contributed by atoms with Gasteiger partial charge in [-0.2, -0.15) is 0 Å². The van der Waals surface area contributed by atoms with E-state index < -0.39 is 0 Å². The molecule has 54 heavy (non-hydrogen) atoms. The Labute approximate surface area is 313 Å². The highest BCUT2D eigenvalue weighted by atomic mass is 16.3. The fraction of sp³-hybridized carbons (Fsp3) is 0.0588. The van der Waals surface area contributed by atoms with E-state index >= 15 is 0 Å². The Morgan fingerprint density at radius 3 is 1.91 bits per heavy atom. The van der Waals surface area contributed by atoms with Gasteiger partial charge in [0.1, 0.15) is 11.2 Å². The van der Waals surface area contributed by atoms with E-state index in [1.807, 2.05) is 18.2 Å². The first kappa shape index (κ1) is 30.8. The van der Waals surface area contributed by atoms with Crippen LogP contribution in [-0.2, 0) is 5.41 Å². The molecule has 10 aromatic rings. The molecule has 254 valence electrons. The van der Waals surface area contributed by atoms with E-state index in [1.54, 1.807) is 0 Å². The number of hydrogen-bond acceptors (Lipinski definition) is 3. The number of fused-ring (bicyclic) bond motifs is 9. The molecule has 11 rings (SSSR count). The summed E-state index contributed by atoms with van der Waals surface area (Å²) in [5.41, 5.74) is 14.3. The van der Waals surface area contributed by atoms with Crippen molar-refractivity contribution < 1.29 is 4.42 Å². The lowest BCUT2D eigenvalue weighted by Crippen LogP contribution is -2.16. The smallest absolute Gasteiger partial charge is 0.161 e. The molecule has 0 radical (unpaired) electrons. The predicted molar refractivity (Wildman–Crippen MR) is 224 cm³/mol. The molecule has 8 aromatic carbocycles. The van der Waals surface area contributed by atoms with Crippen molar-refractivity contribution in [1.82, 2.24) is 9.97 Å². The standard InChI is InChI=1S/C51H34N2O/c1-51(2)43-27-23-31-13-6-7-16-34(31)48(43)41-21-12-20-39(49(41)51)37-25-26-40(36-18-9-8-17-35(36)37)50-52-44(32-14-4-3-5-15-32)30-45(53-50)33-24-28-47-42(29-33)38-19-10-11-22-46(38)54-47/h3-30H,1-2H3. The Hall–Kier alpha value is -6.84. The number of furan rings is 1.